The molecule has 1 fully saturated rings. The number of hydrogen-bond acceptors (Lipinski definition) is 5. The normalized spacial score (nSPS) is 16.9. The standard InChI is InChI=1S/C25H32N4O4/c1-19(27-25(32)33-18-21-11-6-3-7-12-21)24(31)26-15-23(30)28-22-13-8-14-29(17-22)16-20-9-4-2-5-10-20/h2-7,9-12,19,22H,8,13-18H2,1H3,(H,26,31)(H,27,32)(H,28,30)/t19-,22+/m1/s1. The van der Waals surface area contributed by atoms with Crippen LogP contribution in [0.25, 0.3) is 0 Å². The smallest absolute Gasteiger partial charge is 0.408 e. The Kier molecular flexibility index (Phi) is 9.26. The summed E-state index contributed by atoms with van der Waals surface area (Å²) in [5, 5.41) is 8.04. The van der Waals surface area contributed by atoms with E-state index in [2.05, 4.69) is 33.0 Å². The zero-order valence-corrected chi connectivity index (χ0v) is 19.0. The molecule has 0 aliphatic carbocycles. The number of carbonyl (C=O) groups is 3. The van der Waals surface area contributed by atoms with Crippen LogP contribution < -0.4 is 16.0 Å². The predicted octanol–water partition coefficient (Wildman–Crippen LogP) is 2.20. The summed E-state index contributed by atoms with van der Waals surface area (Å²) in [6.45, 7) is 4.15. The number of alkyl carbamates (subject to hydrolysis) is 1. The largest absolute Gasteiger partial charge is 0.445 e. The number of hydrogen-bond donors (Lipinski definition) is 3. The number of rotatable bonds is 9. The van der Waals surface area contributed by atoms with Gasteiger partial charge in [0.05, 0.1) is 6.54 Å². The quantitative estimate of drug-likeness (QED) is 0.542. The van der Waals surface area contributed by atoms with E-state index in [4.69, 9.17) is 4.74 Å². The van der Waals surface area contributed by atoms with Crippen molar-refractivity contribution in [3.05, 3.63) is 71.8 Å². The SMILES string of the molecule is C[C@@H](NC(=O)OCc1ccccc1)C(=O)NCC(=O)N[C@H]1CCCN(Cc2ccccc2)C1. The highest BCUT2D eigenvalue weighted by molar-refractivity contribution is 5.89. The average Bonchev–Trinajstić information content (AvgIpc) is 2.82. The van der Waals surface area contributed by atoms with E-state index in [1.807, 2.05) is 48.5 Å². The molecule has 0 saturated carbocycles. The van der Waals surface area contributed by atoms with Crippen LogP contribution in [-0.4, -0.2) is 54.5 Å². The number of ether oxygens (including phenoxy) is 1. The van der Waals surface area contributed by atoms with Gasteiger partial charge in [-0.15, -0.1) is 0 Å². The molecular weight excluding hydrogens is 420 g/mol. The van der Waals surface area contributed by atoms with Crippen LogP contribution in [0.5, 0.6) is 0 Å². The molecule has 1 aliphatic rings. The van der Waals surface area contributed by atoms with E-state index in [0.717, 1.165) is 38.0 Å². The third kappa shape index (κ3) is 8.57. The number of benzene rings is 2. The van der Waals surface area contributed by atoms with Gasteiger partial charge in [-0.05, 0) is 37.4 Å². The second kappa shape index (κ2) is 12.6. The van der Waals surface area contributed by atoms with Crippen molar-refractivity contribution in [2.45, 2.75) is 45.0 Å². The second-order valence-electron chi connectivity index (χ2n) is 8.27. The van der Waals surface area contributed by atoms with Gasteiger partial charge in [0, 0.05) is 19.1 Å². The topological polar surface area (TPSA) is 99.8 Å². The number of amides is 3. The van der Waals surface area contributed by atoms with Gasteiger partial charge in [0.25, 0.3) is 0 Å². The molecule has 3 rings (SSSR count). The lowest BCUT2D eigenvalue weighted by molar-refractivity contribution is -0.127. The predicted molar refractivity (Wildman–Crippen MR) is 125 cm³/mol. The molecule has 0 bridgehead atoms. The van der Waals surface area contributed by atoms with E-state index in [-0.39, 0.29) is 25.1 Å². The highest BCUT2D eigenvalue weighted by atomic mass is 16.5. The lowest BCUT2D eigenvalue weighted by Gasteiger charge is -2.33. The lowest BCUT2D eigenvalue weighted by atomic mass is 10.0. The van der Waals surface area contributed by atoms with Crippen molar-refractivity contribution in [3.8, 4) is 0 Å². The molecule has 2 atom stereocenters. The molecule has 0 unspecified atom stereocenters. The maximum atomic E-state index is 12.3. The van der Waals surface area contributed by atoms with Crippen LogP contribution in [0.15, 0.2) is 60.7 Å². The van der Waals surface area contributed by atoms with E-state index < -0.39 is 18.0 Å². The fraction of sp³-hybridized carbons (Fsp3) is 0.400. The molecule has 1 aliphatic heterocycles. The Balaban J connectivity index is 1.33. The Bertz CT molecular complexity index is 907. The number of carbonyl (C=O) groups excluding carboxylic acids is 3. The summed E-state index contributed by atoms with van der Waals surface area (Å²) in [5.74, 6) is -0.690. The molecule has 0 spiro atoms. The number of nitrogens with one attached hydrogen (secondary N) is 3. The van der Waals surface area contributed by atoms with Crippen molar-refractivity contribution < 1.29 is 19.1 Å². The first-order valence-corrected chi connectivity index (χ1v) is 11.3. The van der Waals surface area contributed by atoms with Gasteiger partial charge < -0.3 is 20.7 Å². The third-order valence-corrected chi connectivity index (χ3v) is 5.48. The molecule has 3 N–H and O–H groups in total. The maximum absolute atomic E-state index is 12.3. The average molecular weight is 453 g/mol. The Hall–Kier alpha value is -3.39. The summed E-state index contributed by atoms with van der Waals surface area (Å²) in [5.41, 5.74) is 2.10. The van der Waals surface area contributed by atoms with E-state index in [1.165, 1.54) is 5.56 Å². The minimum Gasteiger partial charge on any atom is -0.445 e. The molecule has 2 aromatic carbocycles. The van der Waals surface area contributed by atoms with Crippen LogP contribution in [0, 0.1) is 0 Å². The van der Waals surface area contributed by atoms with Crippen LogP contribution in [-0.2, 0) is 27.5 Å². The van der Waals surface area contributed by atoms with Crippen molar-refractivity contribution in [3.63, 3.8) is 0 Å². The van der Waals surface area contributed by atoms with Crippen LogP contribution in [0.4, 0.5) is 4.79 Å². The van der Waals surface area contributed by atoms with Gasteiger partial charge in [-0.2, -0.15) is 0 Å². The van der Waals surface area contributed by atoms with Crippen molar-refractivity contribution in [1.29, 1.82) is 0 Å². The Morgan fingerprint density at radius 3 is 2.39 bits per heavy atom. The zero-order valence-electron chi connectivity index (χ0n) is 19.0. The first-order valence-electron chi connectivity index (χ1n) is 11.3. The fourth-order valence-corrected chi connectivity index (χ4v) is 3.76. The molecule has 1 heterocycles. The number of nitrogens with zero attached hydrogens (tertiary/aromatic N) is 1. The van der Waals surface area contributed by atoms with E-state index in [1.54, 1.807) is 6.92 Å². The Labute approximate surface area is 194 Å². The van der Waals surface area contributed by atoms with Crippen molar-refractivity contribution in [2.75, 3.05) is 19.6 Å². The Morgan fingerprint density at radius 2 is 1.70 bits per heavy atom. The summed E-state index contributed by atoms with van der Waals surface area (Å²) < 4.78 is 5.11. The van der Waals surface area contributed by atoms with Gasteiger partial charge in [-0.1, -0.05) is 60.7 Å². The minimum absolute atomic E-state index is 0.0513. The molecule has 0 aromatic heterocycles. The third-order valence-electron chi connectivity index (χ3n) is 5.48. The zero-order chi connectivity index (χ0) is 23.5. The van der Waals surface area contributed by atoms with Crippen molar-refractivity contribution in [1.82, 2.24) is 20.9 Å². The molecule has 0 radical (unpaired) electrons. The van der Waals surface area contributed by atoms with E-state index in [0.29, 0.717) is 0 Å². The summed E-state index contributed by atoms with van der Waals surface area (Å²) in [6.07, 6.45) is 1.23. The molecule has 8 heteroatoms. The Morgan fingerprint density at radius 1 is 1.03 bits per heavy atom. The van der Waals surface area contributed by atoms with Gasteiger partial charge in [-0.25, -0.2) is 4.79 Å². The first kappa shape index (κ1) is 24.3. The molecule has 2 aromatic rings. The van der Waals surface area contributed by atoms with Crippen LogP contribution >= 0.6 is 0 Å². The van der Waals surface area contributed by atoms with E-state index in [9.17, 15) is 14.4 Å². The maximum Gasteiger partial charge on any atom is 0.408 e. The summed E-state index contributed by atoms with van der Waals surface area (Å²) in [7, 11) is 0. The van der Waals surface area contributed by atoms with Gasteiger partial charge in [0.2, 0.25) is 11.8 Å². The molecule has 1 saturated heterocycles. The number of piperidine rings is 1. The second-order valence-corrected chi connectivity index (χ2v) is 8.27. The number of likely N-dealkylation sites (tertiary alicyclic amines) is 1. The fourth-order valence-electron chi connectivity index (χ4n) is 3.76. The summed E-state index contributed by atoms with van der Waals surface area (Å²) >= 11 is 0. The molecule has 176 valence electrons. The molecule has 8 nitrogen and oxygen atoms in total. The molecular formula is C25H32N4O4. The van der Waals surface area contributed by atoms with Crippen molar-refractivity contribution >= 4 is 17.9 Å². The lowest BCUT2D eigenvalue weighted by Crippen LogP contribution is -2.51. The van der Waals surface area contributed by atoms with E-state index >= 15 is 0 Å². The summed E-state index contributed by atoms with van der Waals surface area (Å²) in [4.78, 5) is 38.8. The highest BCUT2D eigenvalue weighted by Crippen LogP contribution is 2.13. The van der Waals surface area contributed by atoms with Gasteiger partial charge >= 0.3 is 6.09 Å². The minimum atomic E-state index is -0.822. The molecule has 33 heavy (non-hydrogen) atoms. The first-order chi connectivity index (χ1) is 16.0. The van der Waals surface area contributed by atoms with Gasteiger partial charge in [-0.3, -0.25) is 14.5 Å². The van der Waals surface area contributed by atoms with Crippen LogP contribution in [0.3, 0.4) is 0 Å². The highest BCUT2D eigenvalue weighted by Gasteiger charge is 2.22. The molecule has 3 amide bonds. The van der Waals surface area contributed by atoms with Crippen molar-refractivity contribution in [2.24, 2.45) is 0 Å². The summed E-state index contributed by atoms with van der Waals surface area (Å²) in [6, 6.07) is 18.8. The van der Waals surface area contributed by atoms with Crippen LogP contribution in [0.2, 0.25) is 0 Å². The van der Waals surface area contributed by atoms with Crippen LogP contribution in [0.1, 0.15) is 30.9 Å². The van der Waals surface area contributed by atoms with Gasteiger partial charge in [0.15, 0.2) is 0 Å². The monoisotopic (exact) mass is 452 g/mol. The van der Waals surface area contributed by atoms with Gasteiger partial charge in [0.1, 0.15) is 12.6 Å².